The fourth-order valence-corrected chi connectivity index (χ4v) is 11.1. The van der Waals surface area contributed by atoms with Crippen LogP contribution in [-0.4, -0.2) is 26.4 Å². The Balaban J connectivity index is 0.929. The van der Waals surface area contributed by atoms with Crippen LogP contribution in [0.2, 0.25) is 0 Å². The number of fused-ring (bicyclic) bond motifs is 2. The summed E-state index contributed by atoms with van der Waals surface area (Å²) in [7, 11) is 0. The van der Waals surface area contributed by atoms with E-state index in [1.165, 1.54) is 90.4 Å². The van der Waals surface area contributed by atoms with Gasteiger partial charge in [-0.25, -0.2) is 0 Å². The van der Waals surface area contributed by atoms with Crippen LogP contribution in [-0.2, 0) is 12.8 Å². The lowest BCUT2D eigenvalue weighted by atomic mass is 10.1. The molecule has 7 rings (SSSR count). The van der Waals surface area contributed by atoms with Gasteiger partial charge in [0.1, 0.15) is 26.4 Å². The second kappa shape index (κ2) is 19.3. The highest BCUT2D eigenvalue weighted by Gasteiger charge is 2.24. The van der Waals surface area contributed by atoms with Gasteiger partial charge in [-0.2, -0.15) is 0 Å². The SMILES string of the molecule is CCCCCCc1sc(/C=C/c2ccc(/C=C/c3ccc(/C=C/c4ccc(/C=C/c5sc(CCCCCC)c6c5OCCO6)s4)s3)s2)c2c1OCCO2. The topological polar surface area (TPSA) is 36.9 Å². The molecule has 278 valence electrons. The minimum absolute atomic E-state index is 0.616. The first-order chi connectivity index (χ1) is 26.2. The highest BCUT2D eigenvalue weighted by molar-refractivity contribution is 7.16. The fraction of sp³-hybridized carbons (Fsp3) is 0.364. The van der Waals surface area contributed by atoms with Gasteiger partial charge in [-0.15, -0.1) is 56.7 Å². The van der Waals surface area contributed by atoms with Gasteiger partial charge in [0.25, 0.3) is 0 Å². The molecule has 0 bridgehead atoms. The number of unbranched alkanes of at least 4 members (excludes halogenated alkanes) is 6. The zero-order valence-electron chi connectivity index (χ0n) is 30.7. The van der Waals surface area contributed by atoms with Gasteiger partial charge in [-0.3, -0.25) is 0 Å². The second-order valence-corrected chi connectivity index (χ2v) is 18.9. The summed E-state index contributed by atoms with van der Waals surface area (Å²) < 4.78 is 24.2. The van der Waals surface area contributed by atoms with Crippen molar-refractivity contribution in [3.63, 3.8) is 0 Å². The van der Waals surface area contributed by atoms with Gasteiger partial charge in [0.15, 0.2) is 23.0 Å². The molecule has 2 aliphatic heterocycles. The average Bonchev–Trinajstić information content (AvgIpc) is 4.04. The predicted octanol–water partition coefficient (Wildman–Crippen LogP) is 14.5. The van der Waals surface area contributed by atoms with Gasteiger partial charge in [0.2, 0.25) is 0 Å². The van der Waals surface area contributed by atoms with Crippen molar-refractivity contribution in [2.24, 2.45) is 0 Å². The van der Waals surface area contributed by atoms with Gasteiger partial charge >= 0.3 is 0 Å². The molecular formula is C44H48O4S5. The molecular weight excluding hydrogens is 753 g/mol. The average molecular weight is 801 g/mol. The zero-order chi connectivity index (χ0) is 36.2. The van der Waals surface area contributed by atoms with E-state index in [0.29, 0.717) is 26.4 Å². The maximum Gasteiger partial charge on any atom is 0.179 e. The van der Waals surface area contributed by atoms with E-state index < -0.39 is 0 Å². The molecule has 4 nitrogen and oxygen atoms in total. The Hall–Kier alpha value is -3.34. The molecule has 2 aliphatic rings. The fourth-order valence-electron chi connectivity index (χ4n) is 6.33. The van der Waals surface area contributed by atoms with Gasteiger partial charge < -0.3 is 18.9 Å². The lowest BCUT2D eigenvalue weighted by Crippen LogP contribution is -2.15. The Labute approximate surface area is 334 Å². The minimum atomic E-state index is 0.616. The number of ether oxygens (including phenoxy) is 4. The molecule has 0 fully saturated rings. The lowest BCUT2D eigenvalue weighted by molar-refractivity contribution is 0.171. The van der Waals surface area contributed by atoms with Crippen LogP contribution in [0.1, 0.15) is 114 Å². The van der Waals surface area contributed by atoms with Crippen LogP contribution in [0.4, 0.5) is 0 Å². The molecule has 0 spiro atoms. The molecule has 0 N–H and O–H groups in total. The predicted molar refractivity (Wildman–Crippen MR) is 235 cm³/mol. The van der Waals surface area contributed by atoms with Gasteiger partial charge in [0.05, 0.1) is 19.5 Å². The molecule has 0 unspecified atom stereocenters. The minimum Gasteiger partial charge on any atom is -0.485 e. The zero-order valence-corrected chi connectivity index (χ0v) is 34.7. The molecule has 0 atom stereocenters. The standard InChI is InChI=1S/C44H48O4S5/c1-3-5-7-9-11-37-41-43(47-29-27-45-41)39(52-37)25-23-35-21-19-33(50-35)17-15-31-13-14-32(49-31)16-18-34-20-22-36(51-34)24-26-40-44-42(46-28-30-48-44)38(53-40)12-10-8-6-4-2/h13-26H,3-12,27-30H2,1-2H3/b17-15+,18-16+,25-23+,26-24+. The third-order valence-corrected chi connectivity index (χ3v) is 14.5. The first kappa shape index (κ1) is 38.0. The van der Waals surface area contributed by atoms with Crippen LogP contribution < -0.4 is 18.9 Å². The van der Waals surface area contributed by atoms with E-state index in [1.807, 2.05) is 22.7 Å². The van der Waals surface area contributed by atoms with Crippen molar-refractivity contribution in [2.75, 3.05) is 26.4 Å². The highest BCUT2D eigenvalue weighted by atomic mass is 32.1. The monoisotopic (exact) mass is 800 g/mol. The Kier molecular flexibility index (Phi) is 13.8. The first-order valence-corrected chi connectivity index (χ1v) is 23.1. The van der Waals surface area contributed by atoms with E-state index in [9.17, 15) is 0 Å². The third kappa shape index (κ3) is 10.3. The first-order valence-electron chi connectivity index (χ1n) is 19.0. The van der Waals surface area contributed by atoms with E-state index in [1.54, 1.807) is 34.0 Å². The highest BCUT2D eigenvalue weighted by Crippen LogP contribution is 2.47. The number of rotatable bonds is 18. The smallest absolute Gasteiger partial charge is 0.179 e. The molecule has 0 saturated carbocycles. The van der Waals surface area contributed by atoms with E-state index >= 15 is 0 Å². The van der Waals surface area contributed by atoms with Crippen molar-refractivity contribution in [1.29, 1.82) is 0 Å². The summed E-state index contributed by atoms with van der Waals surface area (Å²) in [6.07, 6.45) is 29.8. The Morgan fingerprint density at radius 2 is 0.717 bits per heavy atom. The van der Waals surface area contributed by atoms with Gasteiger partial charge in [-0.1, -0.05) is 52.4 Å². The number of aryl methyl sites for hydroxylation is 2. The molecule has 5 aromatic heterocycles. The van der Waals surface area contributed by atoms with Crippen molar-refractivity contribution in [2.45, 2.75) is 78.1 Å². The quantitative estimate of drug-likeness (QED) is 0.0827. The molecule has 5 aromatic rings. The Bertz CT molecular complexity index is 1900. The van der Waals surface area contributed by atoms with Crippen LogP contribution in [0.25, 0.3) is 48.6 Å². The molecule has 53 heavy (non-hydrogen) atoms. The van der Waals surface area contributed by atoms with Crippen molar-refractivity contribution in [3.05, 3.63) is 85.2 Å². The lowest BCUT2D eigenvalue weighted by Gasteiger charge is -2.16. The molecule has 0 aromatic carbocycles. The molecule has 0 aliphatic carbocycles. The third-order valence-electron chi connectivity index (χ3n) is 9.06. The van der Waals surface area contributed by atoms with Gasteiger partial charge in [0, 0.05) is 29.3 Å². The summed E-state index contributed by atoms with van der Waals surface area (Å²) in [5, 5.41) is 0. The van der Waals surface area contributed by atoms with Crippen LogP contribution >= 0.6 is 56.7 Å². The van der Waals surface area contributed by atoms with E-state index in [-0.39, 0.29) is 0 Å². The summed E-state index contributed by atoms with van der Waals surface area (Å²) >= 11 is 9.05. The van der Waals surface area contributed by atoms with Crippen LogP contribution in [0.3, 0.4) is 0 Å². The summed E-state index contributed by atoms with van der Waals surface area (Å²) in [5.41, 5.74) is 0. The molecule has 7 heterocycles. The van der Waals surface area contributed by atoms with Crippen LogP contribution in [0.5, 0.6) is 23.0 Å². The van der Waals surface area contributed by atoms with Crippen LogP contribution in [0.15, 0.2) is 36.4 Å². The number of hydrogen-bond donors (Lipinski definition) is 0. The largest absolute Gasteiger partial charge is 0.485 e. The van der Waals surface area contributed by atoms with E-state index in [2.05, 4.69) is 98.9 Å². The maximum atomic E-state index is 6.06. The number of thiophene rings is 5. The van der Waals surface area contributed by atoms with E-state index in [0.717, 1.165) is 45.6 Å². The molecule has 0 saturated heterocycles. The Morgan fingerprint density at radius 3 is 1.06 bits per heavy atom. The van der Waals surface area contributed by atoms with Crippen molar-refractivity contribution >= 4 is 105 Å². The summed E-state index contributed by atoms with van der Waals surface area (Å²) in [6, 6.07) is 13.2. The number of hydrogen-bond acceptors (Lipinski definition) is 9. The van der Waals surface area contributed by atoms with Gasteiger partial charge in [-0.05, 0) is 111 Å². The summed E-state index contributed by atoms with van der Waals surface area (Å²) in [4.78, 5) is 12.4. The second-order valence-electron chi connectivity index (χ2n) is 13.2. The molecule has 0 radical (unpaired) electrons. The molecule has 9 heteroatoms. The van der Waals surface area contributed by atoms with Crippen molar-refractivity contribution in [1.82, 2.24) is 0 Å². The van der Waals surface area contributed by atoms with Crippen molar-refractivity contribution < 1.29 is 18.9 Å². The van der Waals surface area contributed by atoms with Crippen molar-refractivity contribution in [3.8, 4) is 23.0 Å². The maximum absolute atomic E-state index is 6.06. The van der Waals surface area contributed by atoms with E-state index in [4.69, 9.17) is 18.9 Å². The van der Waals surface area contributed by atoms with Crippen LogP contribution in [0, 0.1) is 0 Å². The Morgan fingerprint density at radius 1 is 0.396 bits per heavy atom. The summed E-state index contributed by atoms with van der Waals surface area (Å²) in [6.45, 7) is 7.01. The molecule has 0 amide bonds. The summed E-state index contributed by atoms with van der Waals surface area (Å²) in [5.74, 6) is 3.81. The normalized spacial score (nSPS) is 14.2.